The number of hydrogen-bond acceptors (Lipinski definition) is 3. The van der Waals surface area contributed by atoms with Crippen molar-refractivity contribution in [3.63, 3.8) is 0 Å². The summed E-state index contributed by atoms with van der Waals surface area (Å²) < 4.78 is 5.67. The third-order valence-electron chi connectivity index (χ3n) is 2.40. The van der Waals surface area contributed by atoms with E-state index in [9.17, 15) is 0 Å². The third-order valence-corrected chi connectivity index (χ3v) is 2.40. The van der Waals surface area contributed by atoms with Gasteiger partial charge in [-0.3, -0.25) is 4.98 Å². The van der Waals surface area contributed by atoms with Gasteiger partial charge in [0.05, 0.1) is 11.4 Å². The lowest BCUT2D eigenvalue weighted by atomic mass is 10.3. The molecule has 0 unspecified atom stereocenters. The molecule has 0 radical (unpaired) electrons. The minimum atomic E-state index is 0.578. The Balaban J connectivity index is 2.32. The fourth-order valence-electron chi connectivity index (χ4n) is 1.39. The van der Waals surface area contributed by atoms with Crippen LogP contribution in [0.25, 0.3) is 0 Å². The molecule has 0 spiro atoms. The molecule has 1 heterocycles. The maximum absolute atomic E-state index is 5.67. The maximum atomic E-state index is 5.67. The summed E-state index contributed by atoms with van der Waals surface area (Å²) in [5, 5.41) is 0. The van der Waals surface area contributed by atoms with Gasteiger partial charge in [-0.25, -0.2) is 4.98 Å². The second-order valence-corrected chi connectivity index (χ2v) is 3.70. The monoisotopic (exact) mass is 214 g/mol. The van der Waals surface area contributed by atoms with Crippen molar-refractivity contribution in [3.05, 3.63) is 47.4 Å². The number of aryl methyl sites for hydroxylation is 3. The van der Waals surface area contributed by atoms with E-state index in [2.05, 4.69) is 9.97 Å². The van der Waals surface area contributed by atoms with Crippen LogP contribution >= 0.6 is 0 Å². The van der Waals surface area contributed by atoms with Crippen LogP contribution in [-0.4, -0.2) is 9.97 Å². The van der Waals surface area contributed by atoms with Gasteiger partial charge in [0.15, 0.2) is 0 Å². The Hall–Kier alpha value is -1.90. The van der Waals surface area contributed by atoms with Crippen LogP contribution in [0.5, 0.6) is 11.6 Å². The van der Waals surface area contributed by atoms with Crippen LogP contribution < -0.4 is 4.74 Å². The highest BCUT2D eigenvalue weighted by Crippen LogP contribution is 2.22. The first-order valence-corrected chi connectivity index (χ1v) is 5.21. The Kier molecular flexibility index (Phi) is 2.86. The van der Waals surface area contributed by atoms with E-state index in [1.54, 1.807) is 0 Å². The van der Waals surface area contributed by atoms with E-state index in [4.69, 9.17) is 4.74 Å². The molecule has 0 atom stereocenters. The molecule has 2 rings (SSSR count). The lowest BCUT2D eigenvalue weighted by Crippen LogP contribution is -1.99. The van der Waals surface area contributed by atoms with Crippen molar-refractivity contribution in [2.75, 3.05) is 0 Å². The van der Waals surface area contributed by atoms with E-state index in [1.807, 2.05) is 51.1 Å². The molecule has 0 aliphatic carbocycles. The summed E-state index contributed by atoms with van der Waals surface area (Å²) in [7, 11) is 0. The second kappa shape index (κ2) is 4.31. The van der Waals surface area contributed by atoms with E-state index >= 15 is 0 Å². The fraction of sp³-hybridized carbons (Fsp3) is 0.231. The molecular formula is C13H14N2O. The van der Waals surface area contributed by atoms with Gasteiger partial charge in [-0.1, -0.05) is 18.2 Å². The molecule has 2 aromatic rings. The molecule has 0 aliphatic heterocycles. The molecule has 0 N–H and O–H groups in total. The van der Waals surface area contributed by atoms with Crippen LogP contribution in [0.3, 0.4) is 0 Å². The van der Waals surface area contributed by atoms with E-state index in [0.717, 1.165) is 22.8 Å². The third kappa shape index (κ3) is 2.19. The number of benzene rings is 1. The van der Waals surface area contributed by atoms with Gasteiger partial charge < -0.3 is 4.74 Å². The molecule has 16 heavy (non-hydrogen) atoms. The summed E-state index contributed by atoms with van der Waals surface area (Å²) in [6.45, 7) is 5.78. The average molecular weight is 214 g/mol. The van der Waals surface area contributed by atoms with Crippen LogP contribution in [-0.2, 0) is 0 Å². The van der Waals surface area contributed by atoms with Crippen LogP contribution in [0.4, 0.5) is 0 Å². The highest BCUT2D eigenvalue weighted by atomic mass is 16.5. The molecule has 0 aliphatic rings. The normalized spacial score (nSPS) is 10.2. The minimum Gasteiger partial charge on any atom is -0.437 e. The number of nitrogens with zero attached hydrogens (tertiary/aromatic N) is 2. The summed E-state index contributed by atoms with van der Waals surface area (Å²) in [5.74, 6) is 1.36. The SMILES string of the molecule is Cc1nc(C)c(Oc2ccccc2)nc1C. The second-order valence-electron chi connectivity index (χ2n) is 3.70. The summed E-state index contributed by atoms with van der Waals surface area (Å²) in [6.07, 6.45) is 0. The molecule has 1 aromatic heterocycles. The molecule has 0 bridgehead atoms. The first kappa shape index (κ1) is 10.6. The van der Waals surface area contributed by atoms with Gasteiger partial charge in [0, 0.05) is 0 Å². The first-order valence-electron chi connectivity index (χ1n) is 5.21. The summed E-state index contributed by atoms with van der Waals surface area (Å²) in [5.41, 5.74) is 2.65. The van der Waals surface area contributed by atoms with Gasteiger partial charge >= 0.3 is 0 Å². The van der Waals surface area contributed by atoms with Crippen LogP contribution in [0, 0.1) is 20.8 Å². The molecule has 1 aromatic carbocycles. The van der Waals surface area contributed by atoms with Gasteiger partial charge in [0.25, 0.3) is 0 Å². The highest BCUT2D eigenvalue weighted by Gasteiger charge is 2.06. The lowest BCUT2D eigenvalue weighted by molar-refractivity contribution is 0.453. The van der Waals surface area contributed by atoms with Crippen LogP contribution in [0.15, 0.2) is 30.3 Å². The van der Waals surface area contributed by atoms with Crippen molar-refractivity contribution in [3.8, 4) is 11.6 Å². The van der Waals surface area contributed by atoms with Crippen molar-refractivity contribution >= 4 is 0 Å². The topological polar surface area (TPSA) is 35.0 Å². The molecule has 82 valence electrons. The number of para-hydroxylation sites is 1. The van der Waals surface area contributed by atoms with Crippen molar-refractivity contribution in [2.24, 2.45) is 0 Å². The Bertz CT molecular complexity index is 495. The molecule has 0 fully saturated rings. The summed E-state index contributed by atoms with van der Waals surface area (Å²) in [6, 6.07) is 9.61. The van der Waals surface area contributed by atoms with E-state index in [1.165, 1.54) is 0 Å². The van der Waals surface area contributed by atoms with Crippen molar-refractivity contribution in [1.82, 2.24) is 9.97 Å². The Morgan fingerprint density at radius 1 is 0.812 bits per heavy atom. The van der Waals surface area contributed by atoms with Crippen LogP contribution in [0.1, 0.15) is 17.1 Å². The largest absolute Gasteiger partial charge is 0.437 e. The quantitative estimate of drug-likeness (QED) is 0.770. The van der Waals surface area contributed by atoms with Gasteiger partial charge in [-0.2, -0.15) is 0 Å². The van der Waals surface area contributed by atoms with Crippen molar-refractivity contribution < 1.29 is 4.74 Å². The number of rotatable bonds is 2. The molecule has 3 heteroatoms. The zero-order valence-corrected chi connectivity index (χ0v) is 9.69. The van der Waals surface area contributed by atoms with Crippen LogP contribution in [0.2, 0.25) is 0 Å². The lowest BCUT2D eigenvalue weighted by Gasteiger charge is -2.08. The summed E-state index contributed by atoms with van der Waals surface area (Å²) >= 11 is 0. The van der Waals surface area contributed by atoms with Gasteiger partial charge in [0.2, 0.25) is 5.88 Å². The molecule has 0 amide bonds. The molecule has 3 nitrogen and oxygen atoms in total. The number of hydrogen-bond donors (Lipinski definition) is 0. The van der Waals surface area contributed by atoms with Gasteiger partial charge in [0.1, 0.15) is 11.4 Å². The van der Waals surface area contributed by atoms with E-state index in [0.29, 0.717) is 5.88 Å². The van der Waals surface area contributed by atoms with Gasteiger partial charge in [-0.15, -0.1) is 0 Å². The Morgan fingerprint density at radius 2 is 1.44 bits per heavy atom. The van der Waals surface area contributed by atoms with E-state index < -0.39 is 0 Å². The zero-order valence-electron chi connectivity index (χ0n) is 9.69. The highest BCUT2D eigenvalue weighted by molar-refractivity contribution is 5.30. The number of ether oxygens (including phenoxy) is 1. The zero-order chi connectivity index (χ0) is 11.5. The van der Waals surface area contributed by atoms with Crippen molar-refractivity contribution in [2.45, 2.75) is 20.8 Å². The number of aromatic nitrogens is 2. The Labute approximate surface area is 95.1 Å². The standard InChI is InChI=1S/C13H14N2O/c1-9-10(2)15-13(11(3)14-9)16-12-7-5-4-6-8-12/h4-8H,1-3H3. The smallest absolute Gasteiger partial charge is 0.241 e. The predicted molar refractivity (Wildman–Crippen MR) is 62.8 cm³/mol. The van der Waals surface area contributed by atoms with E-state index in [-0.39, 0.29) is 0 Å². The van der Waals surface area contributed by atoms with Gasteiger partial charge in [-0.05, 0) is 32.9 Å². The fourth-order valence-corrected chi connectivity index (χ4v) is 1.39. The molecule has 0 saturated heterocycles. The molecular weight excluding hydrogens is 200 g/mol. The maximum Gasteiger partial charge on any atom is 0.241 e. The summed E-state index contributed by atoms with van der Waals surface area (Å²) in [4.78, 5) is 8.76. The first-order chi connectivity index (χ1) is 7.66. The predicted octanol–water partition coefficient (Wildman–Crippen LogP) is 3.19. The van der Waals surface area contributed by atoms with Crippen molar-refractivity contribution in [1.29, 1.82) is 0 Å². The minimum absolute atomic E-state index is 0.578. The molecule has 0 saturated carbocycles. The Morgan fingerprint density at radius 3 is 2.12 bits per heavy atom. The average Bonchev–Trinajstić information content (AvgIpc) is 2.27.